The van der Waals surface area contributed by atoms with Crippen molar-refractivity contribution < 1.29 is 32.2 Å². The molecule has 0 heterocycles. The molecule has 0 saturated carbocycles. The van der Waals surface area contributed by atoms with Crippen LogP contribution in [0.2, 0.25) is 0 Å². The lowest BCUT2D eigenvalue weighted by Gasteiger charge is -2.08. The van der Waals surface area contributed by atoms with Crippen LogP contribution in [0.3, 0.4) is 0 Å². The van der Waals surface area contributed by atoms with Crippen LogP contribution >= 0.6 is 0 Å². The fourth-order valence-electron chi connectivity index (χ4n) is 1.64. The smallest absolute Gasteiger partial charge is 0.344 e. The lowest BCUT2D eigenvalue weighted by atomic mass is 10.3. The van der Waals surface area contributed by atoms with Gasteiger partial charge in [0.05, 0.1) is 5.69 Å². The first kappa shape index (κ1) is 17.3. The molecule has 0 bridgehead atoms. The van der Waals surface area contributed by atoms with Gasteiger partial charge in [-0.3, -0.25) is 4.79 Å². The maximum atomic E-state index is 13.3. The molecule has 0 aromatic heterocycles. The summed E-state index contributed by atoms with van der Waals surface area (Å²) >= 11 is 0. The summed E-state index contributed by atoms with van der Waals surface area (Å²) in [6, 6.07) is 7.59. The highest BCUT2D eigenvalue weighted by Crippen LogP contribution is 2.14. The molecule has 2 rings (SSSR count). The van der Waals surface area contributed by atoms with Crippen LogP contribution in [0.1, 0.15) is 0 Å². The van der Waals surface area contributed by atoms with Gasteiger partial charge >= 0.3 is 5.97 Å². The summed E-state index contributed by atoms with van der Waals surface area (Å²) in [5.41, 5.74) is -0.236. The average molecular weight is 339 g/mol. The number of nitrogens with one attached hydrogen (secondary N) is 1. The zero-order valence-electron chi connectivity index (χ0n) is 12.2. The first-order chi connectivity index (χ1) is 11.4. The number of carbonyl (C=O) groups excluding carboxylic acids is 2. The molecule has 0 unspecified atom stereocenters. The Morgan fingerprint density at radius 1 is 0.917 bits per heavy atom. The molecule has 1 amide bonds. The molecule has 0 aliphatic heterocycles. The molecular weight excluding hydrogens is 327 g/mol. The Morgan fingerprint density at radius 2 is 1.58 bits per heavy atom. The molecular formula is C16H12F3NO4. The summed E-state index contributed by atoms with van der Waals surface area (Å²) < 4.78 is 48.4. The van der Waals surface area contributed by atoms with Crippen LogP contribution in [-0.4, -0.2) is 25.1 Å². The first-order valence-electron chi connectivity index (χ1n) is 6.73. The van der Waals surface area contributed by atoms with Crippen LogP contribution in [0, 0.1) is 17.5 Å². The fourth-order valence-corrected chi connectivity index (χ4v) is 1.64. The van der Waals surface area contributed by atoms with Crippen LogP contribution in [0.25, 0.3) is 0 Å². The lowest BCUT2D eigenvalue weighted by Crippen LogP contribution is -2.24. The molecule has 24 heavy (non-hydrogen) atoms. The van der Waals surface area contributed by atoms with Gasteiger partial charge in [-0.1, -0.05) is 0 Å². The molecule has 0 aliphatic rings. The molecule has 0 fully saturated rings. The minimum atomic E-state index is -0.950. The van der Waals surface area contributed by atoms with Crippen molar-refractivity contribution in [1.29, 1.82) is 0 Å². The van der Waals surface area contributed by atoms with E-state index < -0.39 is 42.5 Å². The zero-order chi connectivity index (χ0) is 17.5. The summed E-state index contributed by atoms with van der Waals surface area (Å²) in [6.45, 7) is -1.15. The molecule has 2 aromatic carbocycles. The van der Waals surface area contributed by atoms with E-state index in [0.29, 0.717) is 6.07 Å². The number of hydrogen-bond acceptors (Lipinski definition) is 4. The average Bonchev–Trinajstić information content (AvgIpc) is 2.55. The maximum Gasteiger partial charge on any atom is 0.344 e. The van der Waals surface area contributed by atoms with E-state index in [1.165, 1.54) is 12.1 Å². The number of esters is 1. The number of benzene rings is 2. The normalized spacial score (nSPS) is 10.1. The zero-order valence-corrected chi connectivity index (χ0v) is 12.2. The number of amides is 1. The van der Waals surface area contributed by atoms with Crippen molar-refractivity contribution in [3.63, 3.8) is 0 Å². The third kappa shape index (κ3) is 5.31. The van der Waals surface area contributed by atoms with Crippen molar-refractivity contribution >= 4 is 17.6 Å². The van der Waals surface area contributed by atoms with Gasteiger partial charge in [-0.05, 0) is 36.4 Å². The van der Waals surface area contributed by atoms with Crippen molar-refractivity contribution in [2.45, 2.75) is 0 Å². The number of rotatable bonds is 6. The SMILES string of the molecule is O=C(COC(=O)COc1ccc(F)cc1)Nc1ccc(F)cc1F. The molecule has 0 radical (unpaired) electrons. The van der Waals surface area contributed by atoms with Gasteiger partial charge in [-0.2, -0.15) is 0 Å². The molecule has 2 aromatic rings. The highest BCUT2D eigenvalue weighted by atomic mass is 19.1. The predicted octanol–water partition coefficient (Wildman–Crippen LogP) is 2.66. The Labute approximate surface area is 135 Å². The summed E-state index contributed by atoms with van der Waals surface area (Å²) in [5, 5.41) is 2.13. The standard InChI is InChI=1S/C16H12F3NO4/c17-10-1-4-12(5-2-10)23-9-16(22)24-8-15(21)20-14-6-3-11(18)7-13(14)19/h1-7H,8-9H2,(H,20,21). The molecule has 0 aliphatic carbocycles. The van der Waals surface area contributed by atoms with E-state index in [1.807, 2.05) is 0 Å². The van der Waals surface area contributed by atoms with Gasteiger partial charge in [0.25, 0.3) is 5.91 Å². The van der Waals surface area contributed by atoms with Crippen molar-refractivity contribution in [1.82, 2.24) is 0 Å². The molecule has 5 nitrogen and oxygen atoms in total. The number of halogens is 3. The monoisotopic (exact) mass is 339 g/mol. The van der Waals surface area contributed by atoms with Crippen molar-refractivity contribution in [2.75, 3.05) is 18.5 Å². The van der Waals surface area contributed by atoms with Crippen molar-refractivity contribution in [2.24, 2.45) is 0 Å². The number of anilines is 1. The summed E-state index contributed by atoms with van der Waals surface area (Å²) in [7, 11) is 0. The van der Waals surface area contributed by atoms with E-state index in [4.69, 9.17) is 4.74 Å². The highest BCUT2D eigenvalue weighted by Gasteiger charge is 2.11. The second-order valence-electron chi connectivity index (χ2n) is 4.58. The van der Waals surface area contributed by atoms with E-state index in [1.54, 1.807) is 0 Å². The second-order valence-corrected chi connectivity index (χ2v) is 4.58. The van der Waals surface area contributed by atoms with Crippen molar-refractivity contribution in [3.05, 3.63) is 59.9 Å². The number of hydrogen-bond donors (Lipinski definition) is 1. The third-order valence-electron chi connectivity index (χ3n) is 2.74. The molecule has 1 N–H and O–H groups in total. The van der Waals surface area contributed by atoms with E-state index in [2.05, 4.69) is 10.1 Å². The van der Waals surface area contributed by atoms with Gasteiger partial charge in [-0.15, -0.1) is 0 Å². The van der Waals surface area contributed by atoms with Gasteiger partial charge in [0.15, 0.2) is 13.2 Å². The van der Waals surface area contributed by atoms with E-state index in [-0.39, 0.29) is 11.4 Å². The van der Waals surface area contributed by atoms with Crippen LogP contribution in [0.4, 0.5) is 18.9 Å². The van der Waals surface area contributed by atoms with Gasteiger partial charge < -0.3 is 14.8 Å². The topological polar surface area (TPSA) is 64.6 Å². The maximum absolute atomic E-state index is 13.3. The Kier molecular flexibility index (Phi) is 5.78. The Morgan fingerprint density at radius 3 is 2.25 bits per heavy atom. The third-order valence-corrected chi connectivity index (χ3v) is 2.74. The van der Waals surface area contributed by atoms with E-state index in [0.717, 1.165) is 24.3 Å². The summed E-state index contributed by atoms with van der Waals surface area (Å²) in [5.74, 6) is -3.56. The quantitative estimate of drug-likeness (QED) is 0.822. The van der Waals surface area contributed by atoms with Gasteiger partial charge in [0.1, 0.15) is 23.2 Å². The molecule has 0 atom stereocenters. The minimum Gasteiger partial charge on any atom is -0.482 e. The Hall–Kier alpha value is -3.03. The Balaban J connectivity index is 1.74. The number of ether oxygens (including phenoxy) is 2. The molecule has 126 valence electrons. The predicted molar refractivity (Wildman–Crippen MR) is 77.8 cm³/mol. The number of carbonyl (C=O) groups is 2. The fraction of sp³-hybridized carbons (Fsp3) is 0.125. The molecule has 8 heteroatoms. The van der Waals surface area contributed by atoms with Crippen molar-refractivity contribution in [3.8, 4) is 5.75 Å². The minimum absolute atomic E-state index is 0.236. The van der Waals surface area contributed by atoms with Gasteiger partial charge in [-0.25, -0.2) is 18.0 Å². The first-order valence-corrected chi connectivity index (χ1v) is 6.73. The highest BCUT2D eigenvalue weighted by molar-refractivity contribution is 5.92. The lowest BCUT2D eigenvalue weighted by molar-refractivity contribution is -0.149. The van der Waals surface area contributed by atoms with Crippen LogP contribution in [-0.2, 0) is 14.3 Å². The van der Waals surface area contributed by atoms with Gasteiger partial charge in [0.2, 0.25) is 0 Å². The van der Waals surface area contributed by atoms with E-state index in [9.17, 15) is 22.8 Å². The van der Waals surface area contributed by atoms with Crippen LogP contribution in [0.15, 0.2) is 42.5 Å². The molecule has 0 spiro atoms. The largest absolute Gasteiger partial charge is 0.482 e. The van der Waals surface area contributed by atoms with Crippen LogP contribution in [0.5, 0.6) is 5.75 Å². The van der Waals surface area contributed by atoms with Gasteiger partial charge in [0, 0.05) is 6.07 Å². The summed E-state index contributed by atoms with van der Waals surface area (Å²) in [6.07, 6.45) is 0. The second kappa shape index (κ2) is 8.00. The van der Waals surface area contributed by atoms with E-state index >= 15 is 0 Å². The van der Waals surface area contributed by atoms with Crippen LogP contribution < -0.4 is 10.1 Å². The Bertz CT molecular complexity index is 735. The summed E-state index contributed by atoms with van der Waals surface area (Å²) in [4.78, 5) is 23.0. The molecule has 0 saturated heterocycles.